The predicted molar refractivity (Wildman–Crippen MR) is 148 cm³/mol. The number of hydrogen-bond acceptors (Lipinski definition) is 6. The minimum absolute atomic E-state index is 0.0605. The fourth-order valence-corrected chi connectivity index (χ4v) is 10.1. The Balaban J connectivity index is 1.11. The van der Waals surface area contributed by atoms with E-state index in [2.05, 4.69) is 29.8 Å². The molecule has 0 spiro atoms. The van der Waals surface area contributed by atoms with Crippen LogP contribution in [0, 0.1) is 28.6 Å². The summed E-state index contributed by atoms with van der Waals surface area (Å²) in [5.41, 5.74) is 0.0120. The third-order valence-corrected chi connectivity index (χ3v) is 12.4. The molecule has 5 N–H and O–H groups in total. The van der Waals surface area contributed by atoms with Crippen molar-refractivity contribution in [3.05, 3.63) is 34.4 Å². The number of rotatable bonds is 4. The Morgan fingerprint density at radius 1 is 1.00 bits per heavy atom. The maximum absolute atomic E-state index is 12.8. The number of fused-ring (bicyclic) bond motifs is 5. The first kappa shape index (κ1) is 27.3. The van der Waals surface area contributed by atoms with Crippen LogP contribution < -0.4 is 21.6 Å². The Hall–Kier alpha value is -1.90. The van der Waals surface area contributed by atoms with Gasteiger partial charge in [-0.2, -0.15) is 0 Å². The molecular formula is C31H47N3O5. The molecule has 1 aliphatic heterocycles. The smallest absolute Gasteiger partial charge is 0.335 e. The number of aliphatic hydroxyl groups excluding tert-OH is 1. The van der Waals surface area contributed by atoms with Crippen molar-refractivity contribution in [1.29, 1.82) is 0 Å². The molecule has 4 saturated carbocycles. The monoisotopic (exact) mass is 541 g/mol. The van der Waals surface area contributed by atoms with Crippen molar-refractivity contribution in [1.82, 2.24) is 16.0 Å². The van der Waals surface area contributed by atoms with Gasteiger partial charge in [0.2, 0.25) is 0 Å². The summed E-state index contributed by atoms with van der Waals surface area (Å²) in [6.07, 6.45) is 12.4. The zero-order valence-electron chi connectivity index (χ0n) is 23.6. The van der Waals surface area contributed by atoms with Gasteiger partial charge in [0.05, 0.1) is 18.5 Å². The van der Waals surface area contributed by atoms with Gasteiger partial charge >= 0.3 is 11.7 Å². The second-order valence-corrected chi connectivity index (χ2v) is 14.0. The molecule has 6 rings (SSSR count). The molecule has 1 unspecified atom stereocenters. The van der Waals surface area contributed by atoms with Crippen LogP contribution in [-0.4, -0.2) is 53.1 Å². The number of piperidine rings is 1. The molecule has 0 radical (unpaired) electrons. The maximum atomic E-state index is 12.8. The zero-order chi connectivity index (χ0) is 27.4. The van der Waals surface area contributed by atoms with Gasteiger partial charge in [-0.3, -0.25) is 0 Å². The van der Waals surface area contributed by atoms with Gasteiger partial charge in [-0.25, -0.2) is 9.59 Å². The number of aliphatic hydroxyl groups is 2. The first-order valence-corrected chi connectivity index (χ1v) is 15.4. The topological polar surface area (TPSA) is 124 Å². The van der Waals surface area contributed by atoms with Crippen molar-refractivity contribution < 1.29 is 19.4 Å². The summed E-state index contributed by atoms with van der Waals surface area (Å²) in [6.45, 7) is 5.67. The molecule has 5 fully saturated rings. The Morgan fingerprint density at radius 3 is 2.54 bits per heavy atom. The van der Waals surface area contributed by atoms with Crippen LogP contribution in [-0.2, 0) is 0 Å². The van der Waals surface area contributed by atoms with Crippen molar-refractivity contribution in [2.75, 3.05) is 13.2 Å². The Labute approximate surface area is 231 Å². The average molecular weight is 542 g/mol. The Morgan fingerprint density at radius 2 is 1.79 bits per heavy atom. The Bertz CT molecular complexity index is 1110. The Kier molecular flexibility index (Phi) is 7.12. The molecule has 2 amide bonds. The van der Waals surface area contributed by atoms with E-state index in [0.29, 0.717) is 17.8 Å². The first-order chi connectivity index (χ1) is 18.7. The first-order valence-electron chi connectivity index (χ1n) is 15.4. The quantitative estimate of drug-likeness (QED) is 0.396. The van der Waals surface area contributed by atoms with E-state index >= 15 is 0 Å². The summed E-state index contributed by atoms with van der Waals surface area (Å²) >= 11 is 0. The molecule has 0 bridgehead atoms. The predicted octanol–water partition coefficient (Wildman–Crippen LogP) is 3.66. The normalized spacial score (nSPS) is 45.5. The number of nitrogens with one attached hydrogen (secondary N) is 3. The molecule has 1 aromatic rings. The standard InChI is InChI=1S/C31H47N3O5/c1-29-11-7-21(33-28(37)34-22-10-14-32-23(16-22)17-35)15-20(29)4-5-26-25(29)8-12-30(2)24(9-13-31(26,30)38)19-3-6-27(36)39-18-19/h3,6,18,20-26,32,35,38H,4-5,7-17H2,1-2H3,(H2,33,34,37)/t20-,21+,22?,23-,24-,25+,26-,29+,30-,31+/m1/s1. The number of amides is 2. The van der Waals surface area contributed by atoms with E-state index in [1.165, 1.54) is 6.07 Å². The van der Waals surface area contributed by atoms with E-state index in [1.807, 2.05) is 6.07 Å². The highest BCUT2D eigenvalue weighted by Gasteiger charge is 2.67. The zero-order valence-corrected chi connectivity index (χ0v) is 23.6. The van der Waals surface area contributed by atoms with Crippen LogP contribution in [0.3, 0.4) is 0 Å². The van der Waals surface area contributed by atoms with Gasteiger partial charge in [-0.1, -0.05) is 13.8 Å². The highest BCUT2D eigenvalue weighted by atomic mass is 16.4. The molecule has 5 aliphatic rings. The third kappa shape index (κ3) is 4.55. The largest absolute Gasteiger partial charge is 0.431 e. The van der Waals surface area contributed by atoms with Gasteiger partial charge in [-0.05, 0) is 118 Å². The van der Waals surface area contributed by atoms with Gasteiger partial charge in [0.15, 0.2) is 0 Å². The number of carbonyl (C=O) groups excluding carboxylic acids is 1. The fourth-order valence-electron chi connectivity index (χ4n) is 10.1. The minimum atomic E-state index is -0.693. The molecule has 8 heteroatoms. The molecule has 0 aromatic carbocycles. The van der Waals surface area contributed by atoms with E-state index in [1.54, 1.807) is 6.26 Å². The van der Waals surface area contributed by atoms with Crippen molar-refractivity contribution in [3.8, 4) is 0 Å². The minimum Gasteiger partial charge on any atom is -0.431 e. The molecule has 1 saturated heterocycles. The second-order valence-electron chi connectivity index (χ2n) is 14.0. The van der Waals surface area contributed by atoms with Gasteiger partial charge in [0.1, 0.15) is 0 Å². The van der Waals surface area contributed by atoms with E-state index in [-0.39, 0.29) is 53.1 Å². The molecular weight excluding hydrogens is 494 g/mol. The van der Waals surface area contributed by atoms with Crippen LogP contribution in [0.2, 0.25) is 0 Å². The molecule has 4 aliphatic carbocycles. The molecule has 39 heavy (non-hydrogen) atoms. The van der Waals surface area contributed by atoms with Gasteiger partial charge in [0, 0.05) is 29.6 Å². The lowest BCUT2D eigenvalue weighted by atomic mass is 9.43. The highest BCUT2D eigenvalue weighted by Crippen LogP contribution is 2.70. The fraction of sp³-hybridized carbons (Fsp3) is 0.806. The molecule has 8 nitrogen and oxygen atoms in total. The van der Waals surface area contributed by atoms with Crippen LogP contribution in [0.15, 0.2) is 27.6 Å². The highest BCUT2D eigenvalue weighted by molar-refractivity contribution is 5.74. The molecule has 1 aromatic heterocycles. The van der Waals surface area contributed by atoms with E-state index < -0.39 is 5.60 Å². The summed E-state index contributed by atoms with van der Waals surface area (Å²) in [7, 11) is 0. The molecule has 10 atom stereocenters. The summed E-state index contributed by atoms with van der Waals surface area (Å²) in [5.74, 6) is 1.57. The summed E-state index contributed by atoms with van der Waals surface area (Å²) < 4.78 is 5.23. The van der Waals surface area contributed by atoms with Crippen molar-refractivity contribution in [2.45, 2.75) is 114 Å². The van der Waals surface area contributed by atoms with Crippen LogP contribution in [0.25, 0.3) is 0 Å². The lowest BCUT2D eigenvalue weighted by molar-refractivity contribution is -0.201. The van der Waals surface area contributed by atoms with Crippen molar-refractivity contribution in [2.24, 2.45) is 28.6 Å². The second kappa shape index (κ2) is 10.2. The van der Waals surface area contributed by atoms with Crippen molar-refractivity contribution in [3.63, 3.8) is 0 Å². The van der Waals surface area contributed by atoms with Crippen LogP contribution in [0.5, 0.6) is 0 Å². The average Bonchev–Trinajstić information content (AvgIpc) is 3.20. The molecule has 2 heterocycles. The van der Waals surface area contributed by atoms with Crippen LogP contribution in [0.4, 0.5) is 4.79 Å². The van der Waals surface area contributed by atoms with Gasteiger partial charge < -0.3 is 30.6 Å². The van der Waals surface area contributed by atoms with Gasteiger partial charge in [-0.15, -0.1) is 0 Å². The van der Waals surface area contributed by atoms with Crippen LogP contribution >= 0.6 is 0 Å². The molecule has 216 valence electrons. The van der Waals surface area contributed by atoms with E-state index in [9.17, 15) is 19.8 Å². The SMILES string of the molecule is C[C@]12CC[C@H](NC(=O)NC3CCN[C@@H](CO)C3)C[C@H]1CC[C@@H]1[C@@H]2CC[C@]2(C)[C@@H](c3ccc(=O)oc3)CC[C@]12O. The maximum Gasteiger partial charge on any atom is 0.335 e. The van der Waals surface area contributed by atoms with E-state index in [0.717, 1.165) is 82.7 Å². The van der Waals surface area contributed by atoms with Crippen LogP contribution in [0.1, 0.15) is 96.0 Å². The number of urea groups is 1. The number of carbonyl (C=O) groups is 1. The summed E-state index contributed by atoms with van der Waals surface area (Å²) in [4.78, 5) is 24.4. The van der Waals surface area contributed by atoms with E-state index in [4.69, 9.17) is 4.42 Å². The third-order valence-electron chi connectivity index (χ3n) is 12.4. The summed E-state index contributed by atoms with van der Waals surface area (Å²) in [5, 5.41) is 31.6. The lowest BCUT2D eigenvalue weighted by Crippen LogP contribution is -2.62. The van der Waals surface area contributed by atoms with Crippen molar-refractivity contribution >= 4 is 6.03 Å². The number of hydrogen-bond donors (Lipinski definition) is 5. The summed E-state index contributed by atoms with van der Waals surface area (Å²) in [6, 6.07) is 3.70. The van der Waals surface area contributed by atoms with Gasteiger partial charge in [0.25, 0.3) is 0 Å². The lowest BCUT2D eigenvalue weighted by Gasteiger charge is -2.63.